The highest BCUT2D eigenvalue weighted by Crippen LogP contribution is 2.34. The van der Waals surface area contributed by atoms with Gasteiger partial charge in [0.05, 0.1) is 24.7 Å². The molecule has 27 heavy (non-hydrogen) atoms. The number of anilines is 1. The highest BCUT2D eigenvalue weighted by atomic mass is 32.1. The van der Waals surface area contributed by atoms with E-state index in [9.17, 15) is 14.4 Å². The Bertz CT molecular complexity index is 856. The summed E-state index contributed by atoms with van der Waals surface area (Å²) >= 11 is 1.04. The van der Waals surface area contributed by atoms with Gasteiger partial charge in [0.25, 0.3) is 11.8 Å². The summed E-state index contributed by atoms with van der Waals surface area (Å²) in [6, 6.07) is 6.49. The summed E-state index contributed by atoms with van der Waals surface area (Å²) in [6.45, 7) is 5.34. The van der Waals surface area contributed by atoms with Crippen LogP contribution in [-0.4, -0.2) is 38.0 Å². The molecule has 0 aliphatic rings. The number of nitrogens with one attached hydrogen (secondary N) is 2. The van der Waals surface area contributed by atoms with Crippen LogP contribution in [0.1, 0.15) is 49.8 Å². The Kier molecular flexibility index (Phi) is 6.57. The van der Waals surface area contributed by atoms with E-state index >= 15 is 0 Å². The molecule has 0 unspecified atom stereocenters. The molecule has 7 nitrogen and oxygen atoms in total. The van der Waals surface area contributed by atoms with E-state index in [1.807, 2.05) is 13.8 Å². The van der Waals surface area contributed by atoms with E-state index in [1.54, 1.807) is 31.2 Å². The minimum atomic E-state index is -0.614. The standard InChI is InChI=1S/C19H22N2O5S/c1-10(2)20-17(23)15-11(3)14(19(24)26-5)18(27-15)21-16(22)12-6-8-13(25-4)9-7-12/h6-10H,1-5H3,(H,20,23)(H,21,22). The molecule has 1 heterocycles. The molecule has 0 fully saturated rings. The number of thiophene rings is 1. The maximum Gasteiger partial charge on any atom is 0.341 e. The second kappa shape index (κ2) is 8.68. The van der Waals surface area contributed by atoms with E-state index in [4.69, 9.17) is 9.47 Å². The summed E-state index contributed by atoms with van der Waals surface area (Å²) in [6.07, 6.45) is 0. The predicted octanol–water partition coefficient (Wildman–Crippen LogP) is 3.24. The number of esters is 1. The molecule has 8 heteroatoms. The first-order valence-electron chi connectivity index (χ1n) is 8.26. The fourth-order valence-corrected chi connectivity index (χ4v) is 3.50. The molecule has 2 aromatic rings. The Labute approximate surface area is 161 Å². The van der Waals surface area contributed by atoms with Crippen molar-refractivity contribution in [3.05, 3.63) is 45.8 Å². The molecular weight excluding hydrogens is 368 g/mol. The fourth-order valence-electron chi connectivity index (χ4n) is 2.41. The molecule has 0 aliphatic carbocycles. The third-order valence-electron chi connectivity index (χ3n) is 3.74. The third kappa shape index (κ3) is 4.65. The van der Waals surface area contributed by atoms with Gasteiger partial charge in [-0.3, -0.25) is 9.59 Å². The molecule has 2 N–H and O–H groups in total. The van der Waals surface area contributed by atoms with Crippen LogP contribution in [0.25, 0.3) is 0 Å². The number of methoxy groups -OCH3 is 2. The van der Waals surface area contributed by atoms with Crippen LogP contribution in [0.5, 0.6) is 5.75 Å². The van der Waals surface area contributed by atoms with Crippen molar-refractivity contribution in [2.45, 2.75) is 26.8 Å². The summed E-state index contributed by atoms with van der Waals surface area (Å²) in [5.74, 6) is -0.693. The number of carbonyl (C=O) groups is 3. The van der Waals surface area contributed by atoms with Crippen LogP contribution < -0.4 is 15.4 Å². The Balaban J connectivity index is 2.37. The summed E-state index contributed by atoms with van der Waals surface area (Å²) < 4.78 is 9.89. The van der Waals surface area contributed by atoms with Crippen molar-refractivity contribution in [1.82, 2.24) is 5.32 Å². The molecule has 0 atom stereocenters. The van der Waals surface area contributed by atoms with Crippen molar-refractivity contribution in [3.8, 4) is 5.75 Å². The second-order valence-electron chi connectivity index (χ2n) is 6.06. The molecule has 144 valence electrons. The van der Waals surface area contributed by atoms with E-state index in [0.29, 0.717) is 21.8 Å². The lowest BCUT2D eigenvalue weighted by Crippen LogP contribution is -2.29. The molecule has 0 saturated carbocycles. The monoisotopic (exact) mass is 390 g/mol. The molecule has 2 rings (SSSR count). The van der Waals surface area contributed by atoms with Gasteiger partial charge in [-0.1, -0.05) is 0 Å². The maximum atomic E-state index is 12.5. The highest BCUT2D eigenvalue weighted by molar-refractivity contribution is 7.18. The third-order valence-corrected chi connectivity index (χ3v) is 4.95. The first kappa shape index (κ1) is 20.4. The van der Waals surface area contributed by atoms with E-state index < -0.39 is 11.9 Å². The van der Waals surface area contributed by atoms with Gasteiger partial charge in [0, 0.05) is 11.6 Å². The van der Waals surface area contributed by atoms with E-state index in [0.717, 1.165) is 11.3 Å². The first-order valence-corrected chi connectivity index (χ1v) is 9.08. The summed E-state index contributed by atoms with van der Waals surface area (Å²) in [4.78, 5) is 37.5. The van der Waals surface area contributed by atoms with Crippen LogP contribution in [0.3, 0.4) is 0 Å². The lowest BCUT2D eigenvalue weighted by Gasteiger charge is -2.07. The zero-order valence-corrected chi connectivity index (χ0v) is 16.7. The lowest BCUT2D eigenvalue weighted by atomic mass is 10.1. The maximum absolute atomic E-state index is 12.5. The van der Waals surface area contributed by atoms with Gasteiger partial charge in [-0.25, -0.2) is 4.79 Å². The van der Waals surface area contributed by atoms with E-state index in [1.165, 1.54) is 14.2 Å². The quantitative estimate of drug-likeness (QED) is 0.739. The first-order chi connectivity index (χ1) is 12.8. The molecule has 0 radical (unpaired) electrons. The molecule has 0 bridgehead atoms. The fraction of sp³-hybridized carbons (Fsp3) is 0.316. The normalized spacial score (nSPS) is 10.4. The zero-order valence-electron chi connectivity index (χ0n) is 15.8. The number of amides is 2. The van der Waals surface area contributed by atoms with Gasteiger partial charge in [0.15, 0.2) is 0 Å². The molecule has 0 saturated heterocycles. The van der Waals surface area contributed by atoms with Crippen LogP contribution in [-0.2, 0) is 4.74 Å². The van der Waals surface area contributed by atoms with Gasteiger partial charge in [-0.15, -0.1) is 11.3 Å². The van der Waals surface area contributed by atoms with Crippen molar-refractivity contribution in [2.24, 2.45) is 0 Å². The van der Waals surface area contributed by atoms with Crippen molar-refractivity contribution in [2.75, 3.05) is 19.5 Å². The number of carbonyl (C=O) groups excluding carboxylic acids is 3. The molecule has 1 aromatic carbocycles. The van der Waals surface area contributed by atoms with Gasteiger partial charge in [0.2, 0.25) is 0 Å². The average molecular weight is 390 g/mol. The van der Waals surface area contributed by atoms with Gasteiger partial charge in [0.1, 0.15) is 10.8 Å². The molecule has 0 aliphatic heterocycles. The Morgan fingerprint density at radius 1 is 1.04 bits per heavy atom. The number of rotatable bonds is 6. The summed E-state index contributed by atoms with van der Waals surface area (Å²) in [7, 11) is 2.79. The van der Waals surface area contributed by atoms with Crippen molar-refractivity contribution >= 4 is 34.1 Å². The number of hydrogen-bond acceptors (Lipinski definition) is 6. The molecular formula is C19H22N2O5S. The van der Waals surface area contributed by atoms with Crippen LogP contribution in [0.4, 0.5) is 5.00 Å². The number of benzene rings is 1. The summed E-state index contributed by atoms with van der Waals surface area (Å²) in [5, 5.41) is 5.77. The van der Waals surface area contributed by atoms with Crippen LogP contribution in [0, 0.1) is 6.92 Å². The average Bonchev–Trinajstić information content (AvgIpc) is 2.96. The minimum Gasteiger partial charge on any atom is -0.497 e. The van der Waals surface area contributed by atoms with Gasteiger partial charge in [-0.05, 0) is 50.6 Å². The molecule has 0 spiro atoms. The van der Waals surface area contributed by atoms with Gasteiger partial charge in [-0.2, -0.15) is 0 Å². The lowest BCUT2D eigenvalue weighted by molar-refractivity contribution is 0.0601. The predicted molar refractivity (Wildman–Crippen MR) is 104 cm³/mol. The van der Waals surface area contributed by atoms with Gasteiger partial charge >= 0.3 is 5.97 Å². The Hall–Kier alpha value is -2.87. The van der Waals surface area contributed by atoms with Crippen molar-refractivity contribution < 1.29 is 23.9 Å². The van der Waals surface area contributed by atoms with Gasteiger partial charge < -0.3 is 20.1 Å². The van der Waals surface area contributed by atoms with Crippen molar-refractivity contribution in [1.29, 1.82) is 0 Å². The van der Waals surface area contributed by atoms with Crippen LogP contribution in [0.2, 0.25) is 0 Å². The summed E-state index contributed by atoms with van der Waals surface area (Å²) in [5.41, 5.74) is 1.04. The SMILES string of the molecule is COC(=O)c1c(NC(=O)c2ccc(OC)cc2)sc(C(=O)NC(C)C)c1C. The van der Waals surface area contributed by atoms with E-state index in [-0.39, 0.29) is 22.5 Å². The number of ether oxygens (including phenoxy) is 2. The zero-order chi connectivity index (χ0) is 20.1. The Morgan fingerprint density at radius 3 is 2.19 bits per heavy atom. The van der Waals surface area contributed by atoms with Crippen molar-refractivity contribution in [3.63, 3.8) is 0 Å². The highest BCUT2D eigenvalue weighted by Gasteiger charge is 2.26. The van der Waals surface area contributed by atoms with E-state index in [2.05, 4.69) is 10.6 Å². The van der Waals surface area contributed by atoms with Crippen LogP contribution >= 0.6 is 11.3 Å². The largest absolute Gasteiger partial charge is 0.497 e. The molecule has 1 aromatic heterocycles. The minimum absolute atomic E-state index is 0.0575. The Morgan fingerprint density at radius 2 is 1.67 bits per heavy atom. The topological polar surface area (TPSA) is 93.7 Å². The molecule has 2 amide bonds. The smallest absolute Gasteiger partial charge is 0.341 e. The number of hydrogen-bond donors (Lipinski definition) is 2. The second-order valence-corrected chi connectivity index (χ2v) is 7.08. The van der Waals surface area contributed by atoms with Crippen LogP contribution in [0.15, 0.2) is 24.3 Å².